The molecule has 1 unspecified atom stereocenters. The lowest BCUT2D eigenvalue weighted by atomic mass is 10.0. The first-order chi connectivity index (χ1) is 10.0. The van der Waals surface area contributed by atoms with Gasteiger partial charge in [-0.05, 0) is 30.2 Å². The molecule has 7 heteroatoms. The second-order valence-electron chi connectivity index (χ2n) is 4.38. The van der Waals surface area contributed by atoms with Crippen LogP contribution in [0.2, 0.25) is 0 Å². The Bertz CT molecular complexity index is 654. The quantitative estimate of drug-likeness (QED) is 0.631. The van der Waals surface area contributed by atoms with Gasteiger partial charge in [-0.15, -0.1) is 0 Å². The van der Waals surface area contributed by atoms with Gasteiger partial charge in [0.2, 0.25) is 0 Å². The van der Waals surface area contributed by atoms with E-state index < -0.39 is 4.92 Å². The molecule has 0 saturated carbocycles. The highest BCUT2D eigenvalue weighted by atomic mass is 79.9. The molecule has 1 amide bonds. The number of rotatable bonds is 5. The molecule has 110 valence electrons. The summed E-state index contributed by atoms with van der Waals surface area (Å²) < 4.78 is 0.973. The second-order valence-corrected chi connectivity index (χ2v) is 6.36. The number of nitrogens with one attached hydrogen (secondary N) is 1. The SMILES string of the molecule is CCC(NC(=O)c1ccc([N+](=O)[O-])s1)c1ccc(Br)cc1. The number of hydrogen-bond donors (Lipinski definition) is 1. The molecule has 0 aliphatic carbocycles. The van der Waals surface area contributed by atoms with E-state index in [1.807, 2.05) is 31.2 Å². The van der Waals surface area contributed by atoms with Crippen molar-refractivity contribution in [3.05, 3.63) is 61.4 Å². The molecule has 0 fully saturated rings. The molecule has 1 aromatic carbocycles. The molecule has 1 N–H and O–H groups in total. The Labute approximate surface area is 134 Å². The molecule has 0 saturated heterocycles. The average Bonchev–Trinajstić information content (AvgIpc) is 2.96. The molecule has 0 bridgehead atoms. The summed E-state index contributed by atoms with van der Waals surface area (Å²) in [7, 11) is 0. The normalized spacial score (nSPS) is 11.9. The van der Waals surface area contributed by atoms with Gasteiger partial charge in [0.25, 0.3) is 5.91 Å². The topological polar surface area (TPSA) is 72.2 Å². The van der Waals surface area contributed by atoms with Crippen molar-refractivity contribution in [3.8, 4) is 0 Å². The zero-order valence-corrected chi connectivity index (χ0v) is 13.6. The van der Waals surface area contributed by atoms with E-state index in [4.69, 9.17) is 0 Å². The molecule has 5 nitrogen and oxygen atoms in total. The lowest BCUT2D eigenvalue weighted by Crippen LogP contribution is -2.27. The molecule has 2 rings (SSSR count). The third-order valence-electron chi connectivity index (χ3n) is 2.98. The van der Waals surface area contributed by atoms with Crippen molar-refractivity contribution in [1.29, 1.82) is 0 Å². The monoisotopic (exact) mass is 368 g/mol. The fraction of sp³-hybridized carbons (Fsp3) is 0.214. The third kappa shape index (κ3) is 3.89. The first-order valence-corrected chi connectivity index (χ1v) is 7.92. The van der Waals surface area contributed by atoms with Crippen molar-refractivity contribution in [2.45, 2.75) is 19.4 Å². The van der Waals surface area contributed by atoms with Crippen LogP contribution in [0.15, 0.2) is 40.9 Å². The molecular weight excluding hydrogens is 356 g/mol. The Hall–Kier alpha value is -1.73. The molecule has 1 aromatic heterocycles. The van der Waals surface area contributed by atoms with Crippen LogP contribution in [0.5, 0.6) is 0 Å². The molecule has 1 heterocycles. The van der Waals surface area contributed by atoms with Crippen LogP contribution in [-0.2, 0) is 0 Å². The molecule has 2 aromatic rings. The maximum atomic E-state index is 12.2. The second kappa shape index (κ2) is 6.82. The van der Waals surface area contributed by atoms with Gasteiger partial charge in [-0.3, -0.25) is 14.9 Å². The Morgan fingerprint density at radius 2 is 2.00 bits per heavy atom. The largest absolute Gasteiger partial charge is 0.345 e. The highest BCUT2D eigenvalue weighted by Gasteiger charge is 2.18. The summed E-state index contributed by atoms with van der Waals surface area (Å²) in [5.74, 6) is -0.289. The fourth-order valence-corrected chi connectivity index (χ4v) is 2.88. The Kier molecular flexibility index (Phi) is 5.08. The van der Waals surface area contributed by atoms with E-state index in [0.29, 0.717) is 4.88 Å². The number of hydrogen-bond acceptors (Lipinski definition) is 4. The van der Waals surface area contributed by atoms with Crippen molar-refractivity contribution < 1.29 is 9.72 Å². The minimum absolute atomic E-state index is 0.0307. The van der Waals surface area contributed by atoms with Crippen LogP contribution >= 0.6 is 27.3 Å². The first kappa shape index (κ1) is 15.7. The van der Waals surface area contributed by atoms with Crippen molar-refractivity contribution in [2.75, 3.05) is 0 Å². The zero-order valence-electron chi connectivity index (χ0n) is 11.2. The summed E-state index contributed by atoms with van der Waals surface area (Å²) in [6.07, 6.45) is 0.737. The summed E-state index contributed by atoms with van der Waals surface area (Å²) >= 11 is 4.25. The fourth-order valence-electron chi connectivity index (χ4n) is 1.89. The standard InChI is InChI=1S/C14H13BrN2O3S/c1-2-11(9-3-5-10(15)6-4-9)16-14(18)12-7-8-13(21-12)17(19)20/h3-8,11H,2H2,1H3,(H,16,18). The van der Waals surface area contributed by atoms with E-state index in [1.165, 1.54) is 12.1 Å². The van der Waals surface area contributed by atoms with E-state index >= 15 is 0 Å². The Balaban J connectivity index is 2.12. The van der Waals surface area contributed by atoms with Crippen LogP contribution in [-0.4, -0.2) is 10.8 Å². The minimum atomic E-state index is -0.493. The highest BCUT2D eigenvalue weighted by Crippen LogP contribution is 2.25. The van der Waals surface area contributed by atoms with Crippen LogP contribution < -0.4 is 5.32 Å². The number of nitrogens with zero attached hydrogens (tertiary/aromatic N) is 1. The van der Waals surface area contributed by atoms with E-state index in [2.05, 4.69) is 21.2 Å². The number of carbonyl (C=O) groups is 1. The zero-order chi connectivity index (χ0) is 15.4. The van der Waals surface area contributed by atoms with Gasteiger partial charge in [0.05, 0.1) is 15.8 Å². The number of benzene rings is 1. The highest BCUT2D eigenvalue weighted by molar-refractivity contribution is 9.10. The predicted molar refractivity (Wildman–Crippen MR) is 85.6 cm³/mol. The van der Waals surface area contributed by atoms with E-state index in [-0.39, 0.29) is 17.0 Å². The lowest BCUT2D eigenvalue weighted by molar-refractivity contribution is -0.380. The van der Waals surface area contributed by atoms with Gasteiger partial charge in [0.1, 0.15) is 0 Å². The minimum Gasteiger partial charge on any atom is -0.345 e. The number of carbonyl (C=O) groups excluding carboxylic acids is 1. The maximum absolute atomic E-state index is 12.2. The number of amides is 1. The van der Waals surface area contributed by atoms with Gasteiger partial charge in [-0.25, -0.2) is 0 Å². The van der Waals surface area contributed by atoms with E-state index in [1.54, 1.807) is 0 Å². The number of nitro groups is 1. The lowest BCUT2D eigenvalue weighted by Gasteiger charge is -2.17. The van der Waals surface area contributed by atoms with Crippen LogP contribution in [0.3, 0.4) is 0 Å². The van der Waals surface area contributed by atoms with Gasteiger partial charge < -0.3 is 5.32 Å². The van der Waals surface area contributed by atoms with Gasteiger partial charge in [-0.2, -0.15) is 0 Å². The van der Waals surface area contributed by atoms with E-state index in [0.717, 1.165) is 27.8 Å². The summed E-state index contributed by atoms with van der Waals surface area (Å²) in [5, 5.41) is 13.5. The van der Waals surface area contributed by atoms with Crippen LogP contribution in [0.25, 0.3) is 0 Å². The predicted octanol–water partition coefficient (Wildman–Crippen LogP) is 4.30. The number of thiophene rings is 1. The van der Waals surface area contributed by atoms with Crippen molar-refractivity contribution in [3.63, 3.8) is 0 Å². The molecule has 0 aliphatic rings. The molecular formula is C14H13BrN2O3S. The van der Waals surface area contributed by atoms with Crippen LogP contribution in [0, 0.1) is 10.1 Å². The Morgan fingerprint density at radius 1 is 1.33 bits per heavy atom. The Morgan fingerprint density at radius 3 is 2.52 bits per heavy atom. The molecule has 0 aliphatic heterocycles. The summed E-state index contributed by atoms with van der Waals surface area (Å²) in [6.45, 7) is 1.98. The van der Waals surface area contributed by atoms with Gasteiger partial charge in [-0.1, -0.05) is 46.3 Å². The molecule has 0 radical (unpaired) electrons. The van der Waals surface area contributed by atoms with Gasteiger partial charge in [0, 0.05) is 10.5 Å². The van der Waals surface area contributed by atoms with Gasteiger partial charge in [0.15, 0.2) is 0 Å². The van der Waals surface area contributed by atoms with Crippen LogP contribution in [0.4, 0.5) is 5.00 Å². The summed E-state index contributed by atoms with van der Waals surface area (Å²) in [5.41, 5.74) is 1.00. The van der Waals surface area contributed by atoms with Crippen LogP contribution in [0.1, 0.15) is 34.6 Å². The molecule has 1 atom stereocenters. The van der Waals surface area contributed by atoms with Crippen molar-refractivity contribution in [2.24, 2.45) is 0 Å². The third-order valence-corrected chi connectivity index (χ3v) is 4.55. The maximum Gasteiger partial charge on any atom is 0.324 e. The van der Waals surface area contributed by atoms with E-state index in [9.17, 15) is 14.9 Å². The van der Waals surface area contributed by atoms with Gasteiger partial charge >= 0.3 is 5.00 Å². The van der Waals surface area contributed by atoms with Crippen molar-refractivity contribution in [1.82, 2.24) is 5.32 Å². The molecule has 0 spiro atoms. The average molecular weight is 369 g/mol. The number of halogens is 1. The molecule has 21 heavy (non-hydrogen) atoms. The summed E-state index contributed by atoms with van der Waals surface area (Å²) in [6, 6.07) is 10.4. The van der Waals surface area contributed by atoms with Crippen molar-refractivity contribution >= 4 is 38.2 Å². The first-order valence-electron chi connectivity index (χ1n) is 6.31. The smallest absolute Gasteiger partial charge is 0.324 e. The summed E-state index contributed by atoms with van der Waals surface area (Å²) in [4.78, 5) is 22.7.